The number of anilines is 1. The van der Waals surface area contributed by atoms with Gasteiger partial charge in [0, 0.05) is 18.5 Å². The van der Waals surface area contributed by atoms with Gasteiger partial charge in [-0.05, 0) is 35.7 Å². The second kappa shape index (κ2) is 7.08. The molecule has 0 atom stereocenters. The third kappa shape index (κ3) is 3.51. The van der Waals surface area contributed by atoms with Gasteiger partial charge in [0.15, 0.2) is 5.82 Å². The highest BCUT2D eigenvalue weighted by Crippen LogP contribution is 2.28. The third-order valence-corrected chi connectivity index (χ3v) is 3.91. The highest BCUT2D eigenvalue weighted by atomic mass is 16.4. The number of aromatic nitrogens is 2. The molecule has 24 heavy (non-hydrogen) atoms. The molecule has 0 radical (unpaired) electrons. The molecular formula is C19H19N3O2. The number of fused-ring (bicyclic) bond motifs is 1. The van der Waals surface area contributed by atoms with Crippen molar-refractivity contribution in [3.8, 4) is 11.3 Å². The zero-order valence-corrected chi connectivity index (χ0v) is 13.5. The summed E-state index contributed by atoms with van der Waals surface area (Å²) in [4.78, 5) is 10.5. The summed E-state index contributed by atoms with van der Waals surface area (Å²) in [6.45, 7) is 2.54. The molecule has 0 fully saturated rings. The van der Waals surface area contributed by atoms with Crippen LogP contribution in [0.15, 0.2) is 48.5 Å². The van der Waals surface area contributed by atoms with Crippen molar-refractivity contribution >= 4 is 22.6 Å². The van der Waals surface area contributed by atoms with E-state index in [4.69, 9.17) is 5.11 Å². The van der Waals surface area contributed by atoms with Crippen molar-refractivity contribution in [1.82, 2.24) is 10.2 Å². The first-order valence-corrected chi connectivity index (χ1v) is 7.93. The zero-order valence-electron chi connectivity index (χ0n) is 13.5. The van der Waals surface area contributed by atoms with E-state index in [2.05, 4.69) is 33.7 Å². The van der Waals surface area contributed by atoms with Gasteiger partial charge in [0.05, 0.1) is 5.69 Å². The summed E-state index contributed by atoms with van der Waals surface area (Å²) >= 11 is 0. The second-order valence-corrected chi connectivity index (χ2v) is 5.71. The Balaban J connectivity index is 1.82. The average Bonchev–Trinajstić information content (AvgIpc) is 2.59. The van der Waals surface area contributed by atoms with Crippen LogP contribution >= 0.6 is 0 Å². The lowest BCUT2D eigenvalue weighted by atomic mass is 10.0. The SMILES string of the molecule is Cc1cc(-c2cccc3ccccc23)nnc1NCCCC(=O)O. The molecule has 0 aliphatic rings. The molecule has 5 heteroatoms. The Bertz CT molecular complexity index is 872. The van der Waals surface area contributed by atoms with E-state index >= 15 is 0 Å². The van der Waals surface area contributed by atoms with Crippen LogP contribution in [-0.2, 0) is 4.79 Å². The highest BCUT2D eigenvalue weighted by Gasteiger charge is 2.08. The number of carboxylic acids is 1. The van der Waals surface area contributed by atoms with Gasteiger partial charge in [0.2, 0.25) is 0 Å². The van der Waals surface area contributed by atoms with E-state index in [1.54, 1.807) is 0 Å². The molecule has 2 aromatic carbocycles. The number of carbonyl (C=O) groups is 1. The van der Waals surface area contributed by atoms with E-state index in [0.29, 0.717) is 18.8 Å². The smallest absolute Gasteiger partial charge is 0.303 e. The molecule has 0 bridgehead atoms. The number of hydrogen-bond acceptors (Lipinski definition) is 4. The molecule has 2 N–H and O–H groups in total. The molecule has 0 aliphatic heterocycles. The zero-order chi connectivity index (χ0) is 16.9. The van der Waals surface area contributed by atoms with Crippen molar-refractivity contribution in [3.63, 3.8) is 0 Å². The van der Waals surface area contributed by atoms with Crippen LogP contribution in [0.5, 0.6) is 0 Å². The molecule has 0 aliphatic carbocycles. The van der Waals surface area contributed by atoms with Gasteiger partial charge in [-0.15, -0.1) is 10.2 Å². The predicted molar refractivity (Wildman–Crippen MR) is 95.1 cm³/mol. The topological polar surface area (TPSA) is 75.1 Å². The van der Waals surface area contributed by atoms with Crippen LogP contribution in [0, 0.1) is 6.92 Å². The fourth-order valence-corrected chi connectivity index (χ4v) is 2.69. The number of benzene rings is 2. The summed E-state index contributed by atoms with van der Waals surface area (Å²) in [5.74, 6) is -0.0877. The average molecular weight is 321 g/mol. The Kier molecular flexibility index (Phi) is 4.70. The van der Waals surface area contributed by atoms with Crippen LogP contribution in [0.4, 0.5) is 5.82 Å². The number of nitrogens with zero attached hydrogens (tertiary/aromatic N) is 2. The number of nitrogens with one attached hydrogen (secondary N) is 1. The van der Waals surface area contributed by atoms with Gasteiger partial charge in [-0.25, -0.2) is 0 Å². The van der Waals surface area contributed by atoms with Crippen molar-refractivity contribution in [2.24, 2.45) is 0 Å². The minimum absolute atomic E-state index is 0.146. The Hall–Kier alpha value is -2.95. The second-order valence-electron chi connectivity index (χ2n) is 5.71. The van der Waals surface area contributed by atoms with E-state index in [-0.39, 0.29) is 6.42 Å². The van der Waals surface area contributed by atoms with Gasteiger partial charge < -0.3 is 10.4 Å². The summed E-state index contributed by atoms with van der Waals surface area (Å²) < 4.78 is 0. The van der Waals surface area contributed by atoms with E-state index in [0.717, 1.165) is 22.2 Å². The van der Waals surface area contributed by atoms with Crippen LogP contribution in [-0.4, -0.2) is 27.8 Å². The molecule has 0 saturated heterocycles. The van der Waals surface area contributed by atoms with E-state index in [1.807, 2.05) is 37.3 Å². The first-order valence-electron chi connectivity index (χ1n) is 7.93. The molecule has 0 amide bonds. The molecule has 0 saturated carbocycles. The molecule has 122 valence electrons. The van der Waals surface area contributed by atoms with Gasteiger partial charge in [-0.1, -0.05) is 42.5 Å². The first kappa shape index (κ1) is 15.9. The summed E-state index contributed by atoms with van der Waals surface area (Å²) in [5, 5.41) is 22.7. The third-order valence-electron chi connectivity index (χ3n) is 3.91. The maximum atomic E-state index is 10.5. The molecule has 3 aromatic rings. The number of hydrogen-bond donors (Lipinski definition) is 2. The van der Waals surface area contributed by atoms with Crippen LogP contribution < -0.4 is 5.32 Å². The van der Waals surface area contributed by atoms with Crippen molar-refractivity contribution < 1.29 is 9.90 Å². The molecule has 3 rings (SSSR count). The van der Waals surface area contributed by atoms with Gasteiger partial charge in [-0.3, -0.25) is 4.79 Å². The van der Waals surface area contributed by atoms with Crippen molar-refractivity contribution in [1.29, 1.82) is 0 Å². The fraction of sp³-hybridized carbons (Fsp3) is 0.211. The largest absolute Gasteiger partial charge is 0.481 e. The van der Waals surface area contributed by atoms with Crippen molar-refractivity contribution in [2.75, 3.05) is 11.9 Å². The van der Waals surface area contributed by atoms with Crippen LogP contribution in [0.1, 0.15) is 18.4 Å². The number of rotatable bonds is 6. The first-order chi connectivity index (χ1) is 11.6. The number of aliphatic carboxylic acids is 1. The summed E-state index contributed by atoms with van der Waals surface area (Å²) in [7, 11) is 0. The molecule has 0 spiro atoms. The predicted octanol–water partition coefficient (Wildman–Crippen LogP) is 3.88. The summed E-state index contributed by atoms with van der Waals surface area (Å²) in [6, 6.07) is 16.4. The monoisotopic (exact) mass is 321 g/mol. The lowest BCUT2D eigenvalue weighted by Crippen LogP contribution is -2.08. The molecular weight excluding hydrogens is 302 g/mol. The van der Waals surface area contributed by atoms with E-state index in [1.165, 1.54) is 5.39 Å². The van der Waals surface area contributed by atoms with E-state index < -0.39 is 5.97 Å². The minimum Gasteiger partial charge on any atom is -0.481 e. The number of aryl methyl sites for hydroxylation is 1. The molecule has 1 aromatic heterocycles. The lowest BCUT2D eigenvalue weighted by Gasteiger charge is -2.10. The Morgan fingerprint density at radius 1 is 1.12 bits per heavy atom. The van der Waals surface area contributed by atoms with Gasteiger partial charge in [-0.2, -0.15) is 0 Å². The summed E-state index contributed by atoms with van der Waals surface area (Å²) in [5.41, 5.74) is 2.88. The van der Waals surface area contributed by atoms with Gasteiger partial charge >= 0.3 is 5.97 Å². The fourth-order valence-electron chi connectivity index (χ4n) is 2.69. The highest BCUT2D eigenvalue weighted by molar-refractivity contribution is 5.95. The molecule has 5 nitrogen and oxygen atoms in total. The quantitative estimate of drug-likeness (QED) is 0.674. The Morgan fingerprint density at radius 2 is 1.92 bits per heavy atom. The van der Waals surface area contributed by atoms with Gasteiger partial charge in [0.25, 0.3) is 0 Å². The van der Waals surface area contributed by atoms with Crippen LogP contribution in [0.2, 0.25) is 0 Å². The maximum Gasteiger partial charge on any atom is 0.303 e. The maximum absolute atomic E-state index is 10.5. The normalized spacial score (nSPS) is 10.7. The van der Waals surface area contributed by atoms with Gasteiger partial charge in [0.1, 0.15) is 0 Å². The van der Waals surface area contributed by atoms with E-state index in [9.17, 15) is 4.79 Å². The lowest BCUT2D eigenvalue weighted by molar-refractivity contribution is -0.137. The molecule has 1 heterocycles. The van der Waals surface area contributed by atoms with Crippen molar-refractivity contribution in [3.05, 3.63) is 54.1 Å². The minimum atomic E-state index is -0.786. The number of carboxylic acid groups (broad SMARTS) is 1. The van der Waals surface area contributed by atoms with Crippen LogP contribution in [0.25, 0.3) is 22.0 Å². The molecule has 0 unspecified atom stereocenters. The Morgan fingerprint density at radius 3 is 2.71 bits per heavy atom. The summed E-state index contributed by atoms with van der Waals surface area (Å²) in [6.07, 6.45) is 0.703. The van der Waals surface area contributed by atoms with Crippen molar-refractivity contribution in [2.45, 2.75) is 19.8 Å². The van der Waals surface area contributed by atoms with Crippen LogP contribution in [0.3, 0.4) is 0 Å². The Labute approximate surface area is 140 Å². The standard InChI is InChI=1S/C19H19N3O2/c1-13-12-17(21-22-19(13)20-11-5-10-18(23)24)16-9-4-7-14-6-2-3-8-15(14)16/h2-4,6-9,12H,5,10-11H2,1H3,(H,20,22)(H,23,24).